The summed E-state index contributed by atoms with van der Waals surface area (Å²) in [5, 5.41) is 3.68. The maximum atomic E-state index is 3.68. The predicted octanol–water partition coefficient (Wildman–Crippen LogP) is 3.60. The molecule has 0 amide bonds. The average Bonchev–Trinajstić information content (AvgIpc) is 2.50. The average molecular weight is 300 g/mol. The Morgan fingerprint density at radius 3 is 1.95 bits per heavy atom. The monoisotopic (exact) mass is 299 g/mol. The van der Waals surface area contributed by atoms with Gasteiger partial charge in [-0.05, 0) is 52.5 Å². The molecule has 0 saturated heterocycles. The fourth-order valence-corrected chi connectivity index (χ4v) is 2.76. The predicted molar refractivity (Wildman–Crippen MR) is 96.1 cm³/mol. The summed E-state index contributed by atoms with van der Waals surface area (Å²) < 4.78 is 0. The summed E-state index contributed by atoms with van der Waals surface area (Å²) in [6.45, 7) is 19.7. The molecule has 1 N–H and O–H groups in total. The molecule has 0 spiro atoms. The molecule has 0 aromatic heterocycles. The van der Waals surface area contributed by atoms with Gasteiger partial charge >= 0.3 is 0 Å². The molecule has 0 aromatic carbocycles. The van der Waals surface area contributed by atoms with E-state index < -0.39 is 0 Å². The molecule has 1 atom stereocenters. The van der Waals surface area contributed by atoms with Gasteiger partial charge in [-0.3, -0.25) is 0 Å². The summed E-state index contributed by atoms with van der Waals surface area (Å²) >= 11 is 0. The molecule has 128 valence electrons. The number of nitrogens with zero attached hydrogens (tertiary/aromatic N) is 2. The molecule has 0 saturated carbocycles. The van der Waals surface area contributed by atoms with Gasteiger partial charge in [-0.1, -0.05) is 47.0 Å². The first kappa shape index (κ1) is 20.9. The standard InChI is InChI=1S/C18H41N3/c1-6-10-11-13-18(5)19-14-17-21(9-4)16-12-15-20(7-2)8-3/h18-19H,6-17H2,1-5H3. The van der Waals surface area contributed by atoms with Gasteiger partial charge < -0.3 is 15.1 Å². The highest BCUT2D eigenvalue weighted by Crippen LogP contribution is 2.02. The lowest BCUT2D eigenvalue weighted by molar-refractivity contribution is 0.241. The Balaban J connectivity index is 3.64. The molecule has 0 rings (SSSR count). The summed E-state index contributed by atoms with van der Waals surface area (Å²) in [5.74, 6) is 0. The zero-order valence-electron chi connectivity index (χ0n) is 15.5. The summed E-state index contributed by atoms with van der Waals surface area (Å²) in [6.07, 6.45) is 6.68. The van der Waals surface area contributed by atoms with E-state index in [0.29, 0.717) is 6.04 Å². The van der Waals surface area contributed by atoms with Gasteiger partial charge in [0.25, 0.3) is 0 Å². The molecular weight excluding hydrogens is 258 g/mol. The highest BCUT2D eigenvalue weighted by molar-refractivity contribution is 4.65. The van der Waals surface area contributed by atoms with Crippen LogP contribution in [0.1, 0.15) is 66.7 Å². The lowest BCUT2D eigenvalue weighted by atomic mass is 10.1. The number of hydrogen-bond donors (Lipinski definition) is 1. The lowest BCUT2D eigenvalue weighted by Gasteiger charge is -2.24. The van der Waals surface area contributed by atoms with Crippen LogP contribution in [0.15, 0.2) is 0 Å². The highest BCUT2D eigenvalue weighted by atomic mass is 15.1. The van der Waals surface area contributed by atoms with Crippen molar-refractivity contribution in [2.45, 2.75) is 72.8 Å². The number of hydrogen-bond acceptors (Lipinski definition) is 3. The van der Waals surface area contributed by atoms with Crippen LogP contribution in [0.4, 0.5) is 0 Å². The van der Waals surface area contributed by atoms with Gasteiger partial charge in [-0.2, -0.15) is 0 Å². The minimum Gasteiger partial charge on any atom is -0.313 e. The molecule has 0 aromatic rings. The van der Waals surface area contributed by atoms with Crippen molar-refractivity contribution >= 4 is 0 Å². The van der Waals surface area contributed by atoms with Gasteiger partial charge in [0.05, 0.1) is 0 Å². The fraction of sp³-hybridized carbons (Fsp3) is 1.00. The summed E-state index contributed by atoms with van der Waals surface area (Å²) in [5.41, 5.74) is 0. The Hall–Kier alpha value is -0.120. The quantitative estimate of drug-likeness (QED) is 0.466. The van der Waals surface area contributed by atoms with E-state index in [4.69, 9.17) is 0 Å². The van der Waals surface area contributed by atoms with Crippen LogP contribution >= 0.6 is 0 Å². The van der Waals surface area contributed by atoms with Crippen molar-refractivity contribution in [3.05, 3.63) is 0 Å². The van der Waals surface area contributed by atoms with Crippen LogP contribution in [-0.4, -0.2) is 61.7 Å². The van der Waals surface area contributed by atoms with Gasteiger partial charge in [-0.25, -0.2) is 0 Å². The fourth-order valence-electron chi connectivity index (χ4n) is 2.76. The zero-order chi connectivity index (χ0) is 15.9. The molecule has 21 heavy (non-hydrogen) atoms. The first-order valence-corrected chi connectivity index (χ1v) is 9.35. The number of unbranched alkanes of at least 4 members (excludes halogenated alkanes) is 2. The van der Waals surface area contributed by atoms with Gasteiger partial charge in [0.15, 0.2) is 0 Å². The van der Waals surface area contributed by atoms with Crippen molar-refractivity contribution in [3.63, 3.8) is 0 Å². The lowest BCUT2D eigenvalue weighted by Crippen LogP contribution is -2.37. The third-order valence-electron chi connectivity index (χ3n) is 4.45. The van der Waals surface area contributed by atoms with E-state index in [-0.39, 0.29) is 0 Å². The number of nitrogens with one attached hydrogen (secondary N) is 1. The van der Waals surface area contributed by atoms with E-state index in [1.165, 1.54) is 71.4 Å². The van der Waals surface area contributed by atoms with Crippen molar-refractivity contribution in [2.24, 2.45) is 0 Å². The van der Waals surface area contributed by atoms with Crippen LogP contribution in [0, 0.1) is 0 Å². The van der Waals surface area contributed by atoms with Crippen molar-refractivity contribution in [1.29, 1.82) is 0 Å². The zero-order valence-corrected chi connectivity index (χ0v) is 15.5. The number of rotatable bonds is 15. The molecule has 0 aliphatic rings. The second-order valence-electron chi connectivity index (χ2n) is 6.17. The smallest absolute Gasteiger partial charge is 0.0107 e. The Bertz CT molecular complexity index is 205. The summed E-state index contributed by atoms with van der Waals surface area (Å²) in [4.78, 5) is 5.09. The molecule has 0 heterocycles. The first-order chi connectivity index (χ1) is 10.2. The van der Waals surface area contributed by atoms with Crippen molar-refractivity contribution < 1.29 is 0 Å². The van der Waals surface area contributed by atoms with Crippen LogP contribution in [0.3, 0.4) is 0 Å². The van der Waals surface area contributed by atoms with E-state index in [1.807, 2.05) is 0 Å². The van der Waals surface area contributed by atoms with Crippen LogP contribution in [0.2, 0.25) is 0 Å². The first-order valence-electron chi connectivity index (χ1n) is 9.35. The maximum Gasteiger partial charge on any atom is 0.0107 e. The maximum absolute atomic E-state index is 3.68. The SMILES string of the molecule is CCCCCC(C)NCCN(CC)CCCN(CC)CC. The molecule has 1 unspecified atom stereocenters. The second-order valence-corrected chi connectivity index (χ2v) is 6.17. The van der Waals surface area contributed by atoms with Crippen molar-refractivity contribution in [1.82, 2.24) is 15.1 Å². The Kier molecular flexibility index (Phi) is 14.7. The van der Waals surface area contributed by atoms with E-state index in [0.717, 1.165) is 6.54 Å². The third-order valence-corrected chi connectivity index (χ3v) is 4.45. The largest absolute Gasteiger partial charge is 0.313 e. The van der Waals surface area contributed by atoms with E-state index in [2.05, 4.69) is 49.7 Å². The van der Waals surface area contributed by atoms with Crippen LogP contribution in [0.5, 0.6) is 0 Å². The molecule has 0 radical (unpaired) electrons. The van der Waals surface area contributed by atoms with Gasteiger partial charge in [0.1, 0.15) is 0 Å². The van der Waals surface area contributed by atoms with E-state index >= 15 is 0 Å². The van der Waals surface area contributed by atoms with Crippen molar-refractivity contribution in [3.8, 4) is 0 Å². The van der Waals surface area contributed by atoms with Gasteiger partial charge in [0.2, 0.25) is 0 Å². The molecule has 0 fully saturated rings. The normalized spacial score (nSPS) is 13.3. The minimum absolute atomic E-state index is 0.672. The van der Waals surface area contributed by atoms with Crippen LogP contribution < -0.4 is 5.32 Å². The van der Waals surface area contributed by atoms with Crippen LogP contribution in [0.25, 0.3) is 0 Å². The van der Waals surface area contributed by atoms with Crippen LogP contribution in [-0.2, 0) is 0 Å². The molecule has 0 bridgehead atoms. The Morgan fingerprint density at radius 2 is 1.38 bits per heavy atom. The van der Waals surface area contributed by atoms with Gasteiger partial charge in [-0.15, -0.1) is 0 Å². The Labute approximate surface area is 134 Å². The Morgan fingerprint density at radius 1 is 0.762 bits per heavy atom. The highest BCUT2D eigenvalue weighted by Gasteiger charge is 2.05. The van der Waals surface area contributed by atoms with Crippen molar-refractivity contribution in [2.75, 3.05) is 45.8 Å². The van der Waals surface area contributed by atoms with E-state index in [9.17, 15) is 0 Å². The molecule has 3 heteroatoms. The minimum atomic E-state index is 0.672. The summed E-state index contributed by atoms with van der Waals surface area (Å²) in [7, 11) is 0. The van der Waals surface area contributed by atoms with Gasteiger partial charge in [0, 0.05) is 19.1 Å². The second kappa shape index (κ2) is 14.8. The summed E-state index contributed by atoms with van der Waals surface area (Å²) in [6, 6.07) is 0.672. The molecule has 3 nitrogen and oxygen atoms in total. The number of likely N-dealkylation sites (N-methyl/N-ethyl adjacent to an activating group) is 1. The van der Waals surface area contributed by atoms with E-state index in [1.54, 1.807) is 0 Å². The third kappa shape index (κ3) is 12.1. The molecule has 0 aliphatic carbocycles. The molecule has 0 aliphatic heterocycles. The topological polar surface area (TPSA) is 18.5 Å². The molecular formula is C18H41N3.